The molecule has 1 aromatic heterocycles. The predicted octanol–water partition coefficient (Wildman–Crippen LogP) is 2.79. The summed E-state index contributed by atoms with van der Waals surface area (Å²) in [6.45, 7) is 4.00. The number of hydrogen-bond acceptors (Lipinski definition) is 3. The van der Waals surface area contributed by atoms with E-state index >= 15 is 0 Å². The predicted molar refractivity (Wildman–Crippen MR) is 84.7 cm³/mol. The summed E-state index contributed by atoms with van der Waals surface area (Å²) in [4.78, 5) is 15.6. The fraction of sp³-hybridized carbons (Fsp3) is 0.118. The normalized spacial score (nSPS) is 10.7. The lowest BCUT2D eigenvalue weighted by atomic mass is 10.1. The Balaban J connectivity index is 2.20. The van der Waals surface area contributed by atoms with Gasteiger partial charge >= 0.3 is 0 Å². The number of benzene rings is 2. The van der Waals surface area contributed by atoms with Crippen molar-refractivity contribution in [2.45, 2.75) is 13.8 Å². The highest BCUT2D eigenvalue weighted by Crippen LogP contribution is 2.23. The van der Waals surface area contributed by atoms with E-state index in [1.54, 1.807) is 16.8 Å². The Morgan fingerprint density at radius 1 is 1.09 bits per heavy atom. The number of nitrogens with zero attached hydrogens (tertiary/aromatic N) is 3. The summed E-state index contributed by atoms with van der Waals surface area (Å²) in [5.74, 6) is -0.707. The van der Waals surface area contributed by atoms with Gasteiger partial charge in [-0.2, -0.15) is 0 Å². The van der Waals surface area contributed by atoms with E-state index < -0.39 is 5.91 Å². The molecule has 0 saturated carbocycles. The summed E-state index contributed by atoms with van der Waals surface area (Å²) in [5, 5.41) is 4.19. The lowest BCUT2D eigenvalue weighted by Gasteiger charge is -2.08. The van der Waals surface area contributed by atoms with Crippen molar-refractivity contribution >= 4 is 5.91 Å². The van der Waals surface area contributed by atoms with Crippen molar-refractivity contribution in [3.8, 4) is 17.1 Å². The molecular formula is C17H15FN4O. The van der Waals surface area contributed by atoms with Crippen LogP contribution in [0.1, 0.15) is 21.7 Å². The van der Waals surface area contributed by atoms with Gasteiger partial charge in [-0.05, 0) is 61.4 Å². The van der Waals surface area contributed by atoms with Crippen LogP contribution in [-0.4, -0.2) is 20.7 Å². The van der Waals surface area contributed by atoms with Gasteiger partial charge in [0, 0.05) is 5.56 Å². The Bertz CT molecular complexity index is 884. The number of rotatable bonds is 3. The highest BCUT2D eigenvalue weighted by molar-refractivity contribution is 5.89. The molecule has 0 atom stereocenters. The molecule has 0 radical (unpaired) electrons. The Labute approximate surface area is 132 Å². The third-order valence-electron chi connectivity index (χ3n) is 3.67. The van der Waals surface area contributed by atoms with Crippen molar-refractivity contribution in [1.82, 2.24) is 14.8 Å². The van der Waals surface area contributed by atoms with Crippen LogP contribution in [0.15, 0.2) is 42.5 Å². The summed E-state index contributed by atoms with van der Waals surface area (Å²) >= 11 is 0. The van der Waals surface area contributed by atoms with E-state index in [4.69, 9.17) is 5.73 Å². The number of amides is 1. The molecule has 23 heavy (non-hydrogen) atoms. The monoisotopic (exact) mass is 310 g/mol. The molecule has 2 N–H and O–H groups in total. The van der Waals surface area contributed by atoms with E-state index in [9.17, 15) is 9.18 Å². The van der Waals surface area contributed by atoms with Gasteiger partial charge in [0.05, 0.1) is 5.69 Å². The van der Waals surface area contributed by atoms with Crippen molar-refractivity contribution < 1.29 is 9.18 Å². The SMILES string of the molecule is Cc1ccc(-n2nc(C(N)=O)nc2-c2ccc(F)cc2)cc1C. The van der Waals surface area contributed by atoms with Gasteiger partial charge in [-0.3, -0.25) is 4.79 Å². The molecule has 0 fully saturated rings. The Hall–Kier alpha value is -3.02. The molecule has 0 saturated heterocycles. The second-order valence-electron chi connectivity index (χ2n) is 5.31. The molecule has 3 rings (SSSR count). The molecule has 6 heteroatoms. The van der Waals surface area contributed by atoms with Gasteiger partial charge in [0.1, 0.15) is 5.82 Å². The van der Waals surface area contributed by atoms with Gasteiger partial charge in [0.2, 0.25) is 5.82 Å². The lowest BCUT2D eigenvalue weighted by Crippen LogP contribution is -2.13. The quantitative estimate of drug-likeness (QED) is 0.808. The number of primary amides is 1. The van der Waals surface area contributed by atoms with Crippen LogP contribution < -0.4 is 5.73 Å². The summed E-state index contributed by atoms with van der Waals surface area (Å²) in [5.41, 5.74) is 8.93. The van der Waals surface area contributed by atoms with Crippen LogP contribution in [0.2, 0.25) is 0 Å². The van der Waals surface area contributed by atoms with Crippen molar-refractivity contribution in [3.05, 3.63) is 65.2 Å². The Morgan fingerprint density at radius 3 is 2.39 bits per heavy atom. The van der Waals surface area contributed by atoms with Crippen molar-refractivity contribution in [3.63, 3.8) is 0 Å². The molecule has 0 aliphatic heterocycles. The molecule has 0 unspecified atom stereocenters. The highest BCUT2D eigenvalue weighted by Gasteiger charge is 2.17. The Morgan fingerprint density at radius 2 is 1.78 bits per heavy atom. The van der Waals surface area contributed by atoms with E-state index in [0.29, 0.717) is 11.4 Å². The fourth-order valence-corrected chi connectivity index (χ4v) is 2.24. The molecule has 3 aromatic rings. The minimum atomic E-state index is -0.712. The van der Waals surface area contributed by atoms with Crippen molar-refractivity contribution in [2.75, 3.05) is 0 Å². The zero-order valence-electron chi connectivity index (χ0n) is 12.7. The van der Waals surface area contributed by atoms with Gasteiger partial charge in [-0.1, -0.05) is 6.07 Å². The molecule has 116 valence electrons. The number of carbonyl (C=O) groups excluding carboxylic acids is 1. The van der Waals surface area contributed by atoms with Gasteiger partial charge in [0.15, 0.2) is 5.82 Å². The number of aryl methyl sites for hydroxylation is 2. The maximum Gasteiger partial charge on any atom is 0.288 e. The average molecular weight is 310 g/mol. The van der Waals surface area contributed by atoms with E-state index in [2.05, 4.69) is 10.1 Å². The summed E-state index contributed by atoms with van der Waals surface area (Å²) in [6, 6.07) is 11.6. The molecule has 0 spiro atoms. The van der Waals surface area contributed by atoms with Gasteiger partial charge in [0.25, 0.3) is 5.91 Å². The number of nitrogens with two attached hydrogens (primary N) is 1. The first kappa shape index (κ1) is 14.9. The Kier molecular flexibility index (Phi) is 3.65. The molecule has 0 aliphatic carbocycles. The van der Waals surface area contributed by atoms with Crippen molar-refractivity contribution in [2.24, 2.45) is 5.73 Å². The van der Waals surface area contributed by atoms with Crippen LogP contribution in [0.5, 0.6) is 0 Å². The number of carbonyl (C=O) groups is 1. The summed E-state index contributed by atoms with van der Waals surface area (Å²) in [6.07, 6.45) is 0. The highest BCUT2D eigenvalue weighted by atomic mass is 19.1. The zero-order valence-corrected chi connectivity index (χ0v) is 12.7. The van der Waals surface area contributed by atoms with Crippen LogP contribution in [0.3, 0.4) is 0 Å². The van der Waals surface area contributed by atoms with E-state index in [0.717, 1.165) is 16.8 Å². The lowest BCUT2D eigenvalue weighted by molar-refractivity contribution is 0.0990. The fourth-order valence-electron chi connectivity index (χ4n) is 2.24. The van der Waals surface area contributed by atoms with Crippen LogP contribution in [0.25, 0.3) is 17.1 Å². The third-order valence-corrected chi connectivity index (χ3v) is 3.67. The van der Waals surface area contributed by atoms with Crippen LogP contribution >= 0.6 is 0 Å². The topological polar surface area (TPSA) is 73.8 Å². The first-order chi connectivity index (χ1) is 11.0. The first-order valence-corrected chi connectivity index (χ1v) is 7.06. The maximum atomic E-state index is 13.1. The molecular weight excluding hydrogens is 295 g/mol. The summed E-state index contributed by atoms with van der Waals surface area (Å²) in [7, 11) is 0. The molecule has 2 aromatic carbocycles. The average Bonchev–Trinajstić information content (AvgIpc) is 2.96. The van der Waals surface area contributed by atoms with Gasteiger partial charge in [-0.15, -0.1) is 5.10 Å². The van der Waals surface area contributed by atoms with Crippen molar-refractivity contribution in [1.29, 1.82) is 0 Å². The molecule has 0 bridgehead atoms. The number of halogens is 1. The van der Waals surface area contributed by atoms with Crippen LogP contribution in [0, 0.1) is 19.7 Å². The standard InChI is InChI=1S/C17H15FN4O/c1-10-3-8-14(9-11(10)2)22-17(20-16(21-22)15(19)23)12-4-6-13(18)7-5-12/h3-9H,1-2H3,(H2,19,23). The van der Waals surface area contributed by atoms with E-state index in [1.165, 1.54) is 12.1 Å². The minimum absolute atomic E-state index is 0.0810. The largest absolute Gasteiger partial charge is 0.363 e. The number of hydrogen-bond donors (Lipinski definition) is 1. The molecule has 1 heterocycles. The zero-order chi connectivity index (χ0) is 16.6. The van der Waals surface area contributed by atoms with Crippen LogP contribution in [-0.2, 0) is 0 Å². The molecule has 5 nitrogen and oxygen atoms in total. The molecule has 1 amide bonds. The van der Waals surface area contributed by atoms with E-state index in [-0.39, 0.29) is 11.6 Å². The smallest absolute Gasteiger partial charge is 0.288 e. The van der Waals surface area contributed by atoms with Gasteiger partial charge < -0.3 is 5.73 Å². The maximum absolute atomic E-state index is 13.1. The second kappa shape index (κ2) is 5.64. The van der Waals surface area contributed by atoms with Crippen LogP contribution in [0.4, 0.5) is 4.39 Å². The number of aromatic nitrogens is 3. The first-order valence-electron chi connectivity index (χ1n) is 7.06. The third kappa shape index (κ3) is 2.83. The minimum Gasteiger partial charge on any atom is -0.363 e. The van der Waals surface area contributed by atoms with E-state index in [1.807, 2.05) is 32.0 Å². The molecule has 0 aliphatic rings. The van der Waals surface area contributed by atoms with Gasteiger partial charge in [-0.25, -0.2) is 14.1 Å². The summed E-state index contributed by atoms with van der Waals surface area (Å²) < 4.78 is 14.7. The second-order valence-corrected chi connectivity index (χ2v) is 5.31.